The minimum absolute atomic E-state index is 0. The molecule has 2 rings (SSSR count). The highest BCUT2D eigenvalue weighted by Gasteiger charge is 2.13. The fourth-order valence-electron chi connectivity index (χ4n) is 2.18. The van der Waals surface area contributed by atoms with Crippen LogP contribution in [0.15, 0.2) is 42.5 Å². The number of nitrogens with two attached hydrogens (primary N) is 1. The van der Waals surface area contributed by atoms with Gasteiger partial charge in [0.15, 0.2) is 0 Å². The van der Waals surface area contributed by atoms with Crippen molar-refractivity contribution in [1.29, 1.82) is 5.41 Å². The van der Waals surface area contributed by atoms with Crippen LogP contribution in [0.1, 0.15) is 23.7 Å². The molecule has 3 heteroatoms. The van der Waals surface area contributed by atoms with Gasteiger partial charge in [0.25, 0.3) is 0 Å². The number of anilines is 1. The van der Waals surface area contributed by atoms with Crippen molar-refractivity contribution in [1.82, 2.24) is 0 Å². The van der Waals surface area contributed by atoms with Gasteiger partial charge in [-0.1, -0.05) is 42.0 Å². The van der Waals surface area contributed by atoms with Gasteiger partial charge in [-0.2, -0.15) is 0 Å². The fraction of sp³-hybridized carbons (Fsp3) is 0.167. The van der Waals surface area contributed by atoms with Crippen molar-refractivity contribution in [3.8, 4) is 5.75 Å². The molecule has 0 aliphatic carbocycles. The molecule has 0 saturated carbocycles. The first-order valence-corrected chi connectivity index (χ1v) is 6.79. The van der Waals surface area contributed by atoms with Gasteiger partial charge in [0, 0.05) is 7.11 Å². The van der Waals surface area contributed by atoms with Crippen LogP contribution >= 0.6 is 0 Å². The van der Waals surface area contributed by atoms with Crippen LogP contribution in [-0.2, 0) is 0 Å². The van der Waals surface area contributed by atoms with Crippen molar-refractivity contribution in [2.24, 2.45) is 0 Å². The fourth-order valence-corrected chi connectivity index (χ4v) is 2.18. The lowest BCUT2D eigenvalue weighted by atomic mass is 10.0. The molecular formula is C18H22N2O. The first-order chi connectivity index (χ1) is 10.0. The first kappa shape index (κ1) is 14.9. The highest BCUT2D eigenvalue weighted by Crippen LogP contribution is 2.29. The van der Waals surface area contributed by atoms with Crippen molar-refractivity contribution in [2.45, 2.75) is 13.8 Å². The Morgan fingerprint density at radius 3 is 2.43 bits per heavy atom. The standard InChI is InChI=1S/C18H20N2O.H2/c1-12-4-7-14(8-5-12)9-11-16(20)17-15(19)10-6-13(2)18(17)21-3;/h4-11,20H,19H2,1-3H3;1H/b11-9+,20-16?;. The number of ether oxygens (including phenoxy) is 1. The van der Waals surface area contributed by atoms with Gasteiger partial charge in [-0.05, 0) is 37.1 Å². The molecule has 0 amide bonds. The van der Waals surface area contributed by atoms with E-state index < -0.39 is 0 Å². The van der Waals surface area contributed by atoms with E-state index in [-0.39, 0.29) is 1.43 Å². The lowest BCUT2D eigenvalue weighted by molar-refractivity contribution is 0.411. The Morgan fingerprint density at radius 2 is 1.81 bits per heavy atom. The van der Waals surface area contributed by atoms with E-state index in [1.165, 1.54) is 5.56 Å². The van der Waals surface area contributed by atoms with Crippen LogP contribution in [-0.4, -0.2) is 12.8 Å². The molecule has 0 heterocycles. The number of hydrogen-bond acceptors (Lipinski definition) is 3. The zero-order valence-electron chi connectivity index (χ0n) is 12.6. The van der Waals surface area contributed by atoms with Gasteiger partial charge in [0.05, 0.1) is 18.4 Å². The summed E-state index contributed by atoms with van der Waals surface area (Å²) in [5, 5.41) is 8.26. The molecule has 0 aliphatic rings. The Kier molecular flexibility index (Phi) is 4.43. The number of rotatable bonds is 4. The Balaban J connectivity index is 0.00000242. The molecule has 0 bridgehead atoms. The lowest BCUT2D eigenvalue weighted by Gasteiger charge is -2.13. The minimum Gasteiger partial charge on any atom is -0.496 e. The van der Waals surface area contributed by atoms with Crippen LogP contribution < -0.4 is 10.5 Å². The zero-order valence-corrected chi connectivity index (χ0v) is 12.6. The lowest BCUT2D eigenvalue weighted by Crippen LogP contribution is -2.05. The predicted octanol–water partition coefficient (Wildman–Crippen LogP) is 4.22. The maximum absolute atomic E-state index is 8.26. The van der Waals surface area contributed by atoms with Gasteiger partial charge in [0.2, 0.25) is 0 Å². The van der Waals surface area contributed by atoms with Crippen molar-refractivity contribution in [3.63, 3.8) is 0 Å². The maximum atomic E-state index is 8.26. The van der Waals surface area contributed by atoms with Gasteiger partial charge in [-0.15, -0.1) is 0 Å². The molecule has 2 aromatic carbocycles. The van der Waals surface area contributed by atoms with E-state index in [1.54, 1.807) is 19.3 Å². The number of nitrogens with one attached hydrogen (secondary N) is 1. The Morgan fingerprint density at radius 1 is 1.14 bits per heavy atom. The summed E-state index contributed by atoms with van der Waals surface area (Å²) in [5.41, 5.74) is 10.8. The summed E-state index contributed by atoms with van der Waals surface area (Å²) in [5.74, 6) is 0.661. The second-order valence-electron chi connectivity index (χ2n) is 5.04. The molecule has 0 spiro atoms. The summed E-state index contributed by atoms with van der Waals surface area (Å²) in [4.78, 5) is 0. The van der Waals surface area contributed by atoms with Crippen molar-refractivity contribution >= 4 is 17.5 Å². The van der Waals surface area contributed by atoms with Crippen LogP contribution in [0.25, 0.3) is 6.08 Å². The molecule has 0 aliphatic heterocycles. The number of methoxy groups -OCH3 is 1. The van der Waals surface area contributed by atoms with E-state index in [0.717, 1.165) is 11.1 Å². The third-order valence-electron chi connectivity index (χ3n) is 3.38. The van der Waals surface area contributed by atoms with E-state index in [2.05, 4.69) is 0 Å². The highest BCUT2D eigenvalue weighted by molar-refractivity contribution is 6.13. The Bertz CT molecular complexity index is 691. The van der Waals surface area contributed by atoms with E-state index in [4.69, 9.17) is 15.9 Å². The average molecular weight is 282 g/mol. The molecule has 0 unspecified atom stereocenters. The summed E-state index contributed by atoms with van der Waals surface area (Å²) >= 11 is 0. The summed E-state index contributed by atoms with van der Waals surface area (Å²) in [6.45, 7) is 3.99. The minimum atomic E-state index is 0. The molecule has 3 N–H and O–H groups in total. The molecule has 3 nitrogen and oxygen atoms in total. The first-order valence-electron chi connectivity index (χ1n) is 6.79. The monoisotopic (exact) mass is 282 g/mol. The van der Waals surface area contributed by atoms with Gasteiger partial charge >= 0.3 is 0 Å². The topological polar surface area (TPSA) is 59.1 Å². The van der Waals surface area contributed by atoms with Gasteiger partial charge in [0.1, 0.15) is 5.75 Å². The number of hydrogen-bond donors (Lipinski definition) is 2. The van der Waals surface area contributed by atoms with Crippen molar-refractivity contribution < 1.29 is 6.16 Å². The van der Waals surface area contributed by atoms with E-state index in [9.17, 15) is 0 Å². The number of allylic oxidation sites excluding steroid dienone is 1. The van der Waals surface area contributed by atoms with Crippen molar-refractivity contribution in [2.75, 3.05) is 12.8 Å². The molecule has 2 aromatic rings. The second kappa shape index (κ2) is 6.27. The van der Waals surface area contributed by atoms with Crippen LogP contribution in [0.5, 0.6) is 5.75 Å². The second-order valence-corrected chi connectivity index (χ2v) is 5.04. The average Bonchev–Trinajstić information content (AvgIpc) is 2.48. The van der Waals surface area contributed by atoms with Gasteiger partial charge in [-0.25, -0.2) is 0 Å². The van der Waals surface area contributed by atoms with E-state index >= 15 is 0 Å². The van der Waals surface area contributed by atoms with Crippen LogP contribution in [0.4, 0.5) is 5.69 Å². The van der Waals surface area contributed by atoms with Crippen LogP contribution in [0, 0.1) is 19.3 Å². The van der Waals surface area contributed by atoms with Crippen LogP contribution in [0.3, 0.4) is 0 Å². The summed E-state index contributed by atoms with van der Waals surface area (Å²) < 4.78 is 5.39. The molecule has 110 valence electrons. The molecular weight excluding hydrogens is 260 g/mol. The summed E-state index contributed by atoms with van der Waals surface area (Å²) in [7, 11) is 1.60. The van der Waals surface area contributed by atoms with E-state index in [0.29, 0.717) is 22.7 Å². The summed E-state index contributed by atoms with van der Waals surface area (Å²) in [6.07, 6.45) is 3.65. The predicted molar refractivity (Wildman–Crippen MR) is 91.3 cm³/mol. The largest absolute Gasteiger partial charge is 0.496 e. The molecule has 0 atom stereocenters. The third kappa shape index (κ3) is 3.31. The molecule has 0 fully saturated rings. The SMILES string of the molecule is COc1c(C)ccc(N)c1C(=N)/C=C/c1ccc(C)cc1.[HH]. The molecule has 0 aromatic heterocycles. The van der Waals surface area contributed by atoms with Crippen molar-refractivity contribution in [3.05, 3.63) is 64.7 Å². The quantitative estimate of drug-likeness (QED) is 0.651. The summed E-state index contributed by atoms with van der Waals surface area (Å²) in [6, 6.07) is 11.8. The van der Waals surface area contributed by atoms with Gasteiger partial charge < -0.3 is 15.9 Å². The maximum Gasteiger partial charge on any atom is 0.133 e. The van der Waals surface area contributed by atoms with Crippen LogP contribution in [0.2, 0.25) is 0 Å². The smallest absolute Gasteiger partial charge is 0.133 e. The van der Waals surface area contributed by atoms with E-state index in [1.807, 2.05) is 50.3 Å². The Labute approximate surface area is 127 Å². The number of aryl methyl sites for hydroxylation is 2. The molecule has 21 heavy (non-hydrogen) atoms. The molecule has 0 radical (unpaired) electrons. The Hall–Kier alpha value is -2.55. The number of benzene rings is 2. The van der Waals surface area contributed by atoms with Gasteiger partial charge in [-0.3, -0.25) is 0 Å². The molecule has 0 saturated heterocycles. The highest BCUT2D eigenvalue weighted by atomic mass is 16.5. The zero-order chi connectivity index (χ0) is 15.4. The normalized spacial score (nSPS) is 10.8. The number of nitrogen functional groups attached to an aromatic ring is 1. The third-order valence-corrected chi connectivity index (χ3v) is 3.38.